The van der Waals surface area contributed by atoms with Gasteiger partial charge in [0.1, 0.15) is 11.3 Å². The Labute approximate surface area is 154 Å². The fourth-order valence-corrected chi connectivity index (χ4v) is 2.80. The maximum Gasteiger partial charge on any atom is 0.360 e. The van der Waals surface area contributed by atoms with E-state index in [0.717, 1.165) is 12.8 Å². The van der Waals surface area contributed by atoms with Gasteiger partial charge in [-0.1, -0.05) is 31.0 Å². The Morgan fingerprint density at radius 2 is 1.96 bits per heavy atom. The average molecular weight is 373 g/mol. The summed E-state index contributed by atoms with van der Waals surface area (Å²) >= 11 is 6.15. The van der Waals surface area contributed by atoms with Crippen molar-refractivity contribution in [3.63, 3.8) is 0 Å². The number of ether oxygens (including phenoxy) is 1. The molecule has 6 nitrogen and oxygen atoms in total. The second kappa shape index (κ2) is 7.58. The number of para-hydroxylation sites is 1. The lowest BCUT2D eigenvalue weighted by Gasteiger charge is -2.13. The molecule has 0 fully saturated rings. The molecule has 7 heteroatoms. The number of aromatic carboxylic acids is 1. The zero-order chi connectivity index (χ0) is 18.7. The smallest absolute Gasteiger partial charge is 0.360 e. The quantitative estimate of drug-likeness (QED) is 0.663. The molecule has 3 rings (SSSR count). The highest BCUT2D eigenvalue weighted by Crippen LogP contribution is 2.24. The van der Waals surface area contributed by atoms with Crippen LogP contribution >= 0.6 is 11.6 Å². The fraction of sp³-hybridized carbons (Fsp3) is 0.211. The Bertz CT molecular complexity index is 1010. The number of hydrogen-bond acceptors (Lipinski definition) is 4. The van der Waals surface area contributed by atoms with Crippen LogP contribution in [-0.2, 0) is 0 Å². The topological polar surface area (TPSA) is 81.4 Å². The van der Waals surface area contributed by atoms with Crippen molar-refractivity contribution in [3.05, 3.63) is 63.5 Å². The number of unbranched alkanes of at least 4 members (excludes halogenated alkanes) is 1. The first-order valence-corrected chi connectivity index (χ1v) is 8.58. The van der Waals surface area contributed by atoms with Crippen LogP contribution in [0, 0.1) is 0 Å². The molecule has 0 saturated heterocycles. The summed E-state index contributed by atoms with van der Waals surface area (Å²) in [6, 6.07) is 11.9. The van der Waals surface area contributed by atoms with Gasteiger partial charge in [0, 0.05) is 5.69 Å². The number of nitrogens with zero attached hydrogens (tertiary/aromatic N) is 2. The lowest BCUT2D eigenvalue weighted by molar-refractivity contribution is 0.0688. The molecule has 0 bridgehead atoms. The molecular weight excluding hydrogens is 356 g/mol. The molecule has 2 aromatic carbocycles. The van der Waals surface area contributed by atoms with Crippen molar-refractivity contribution in [1.29, 1.82) is 0 Å². The summed E-state index contributed by atoms with van der Waals surface area (Å²) in [5.41, 5.74) is -0.0858. The van der Waals surface area contributed by atoms with E-state index >= 15 is 0 Å². The molecular formula is C19H17ClN2O4. The number of carboxylic acids is 1. The number of aromatic nitrogens is 2. The highest BCUT2D eigenvalue weighted by molar-refractivity contribution is 6.34. The van der Waals surface area contributed by atoms with Crippen LogP contribution in [-0.4, -0.2) is 27.2 Å². The molecule has 1 aromatic heterocycles. The summed E-state index contributed by atoms with van der Waals surface area (Å²) in [4.78, 5) is 28.0. The van der Waals surface area contributed by atoms with E-state index in [1.165, 1.54) is 4.57 Å². The van der Waals surface area contributed by atoms with Crippen molar-refractivity contribution < 1.29 is 14.6 Å². The third-order valence-corrected chi connectivity index (χ3v) is 4.20. The summed E-state index contributed by atoms with van der Waals surface area (Å²) in [7, 11) is 0. The third-order valence-electron chi connectivity index (χ3n) is 3.90. The van der Waals surface area contributed by atoms with Crippen LogP contribution < -0.4 is 10.3 Å². The predicted molar refractivity (Wildman–Crippen MR) is 99.7 cm³/mol. The minimum Gasteiger partial charge on any atom is -0.494 e. The standard InChI is InChI=1S/C19H17ClN2O4/c1-2-3-11-26-13-9-7-12(8-10-13)22-15-6-4-5-14(20)16(15)21-17(18(22)23)19(24)25/h4-10H,2-3,11H2,1H3,(H,24,25). The number of hydrogen-bond donors (Lipinski definition) is 1. The molecule has 0 spiro atoms. The van der Waals surface area contributed by atoms with Crippen LogP contribution in [0.3, 0.4) is 0 Å². The van der Waals surface area contributed by atoms with Gasteiger partial charge in [-0.25, -0.2) is 9.78 Å². The molecule has 0 saturated carbocycles. The second-order valence-electron chi connectivity index (χ2n) is 5.71. The van der Waals surface area contributed by atoms with Gasteiger partial charge < -0.3 is 9.84 Å². The maximum absolute atomic E-state index is 12.7. The van der Waals surface area contributed by atoms with Crippen LogP contribution in [0.4, 0.5) is 0 Å². The van der Waals surface area contributed by atoms with Crippen molar-refractivity contribution in [2.75, 3.05) is 6.61 Å². The van der Waals surface area contributed by atoms with E-state index in [9.17, 15) is 14.7 Å². The van der Waals surface area contributed by atoms with Crippen LogP contribution in [0.5, 0.6) is 5.75 Å². The number of benzene rings is 2. The van der Waals surface area contributed by atoms with Gasteiger partial charge in [0.15, 0.2) is 0 Å². The number of carbonyl (C=O) groups is 1. The SMILES string of the molecule is CCCCOc1ccc(-n2c(=O)c(C(=O)O)nc3c(Cl)cccc32)cc1. The highest BCUT2D eigenvalue weighted by Gasteiger charge is 2.19. The summed E-state index contributed by atoms with van der Waals surface area (Å²) in [5, 5.41) is 9.59. The molecule has 0 aliphatic rings. The molecule has 134 valence electrons. The van der Waals surface area contributed by atoms with E-state index in [-0.39, 0.29) is 10.5 Å². The monoisotopic (exact) mass is 372 g/mol. The van der Waals surface area contributed by atoms with Crippen LogP contribution in [0.1, 0.15) is 30.3 Å². The largest absolute Gasteiger partial charge is 0.494 e. The average Bonchev–Trinajstić information content (AvgIpc) is 2.62. The number of rotatable bonds is 6. The second-order valence-corrected chi connectivity index (χ2v) is 6.12. The van der Waals surface area contributed by atoms with Gasteiger partial charge in [0.25, 0.3) is 5.56 Å². The zero-order valence-electron chi connectivity index (χ0n) is 14.1. The van der Waals surface area contributed by atoms with Crippen molar-refractivity contribution in [2.24, 2.45) is 0 Å². The van der Waals surface area contributed by atoms with E-state index in [1.807, 2.05) is 0 Å². The van der Waals surface area contributed by atoms with Crippen LogP contribution in [0.2, 0.25) is 5.02 Å². The molecule has 1 heterocycles. The first-order valence-electron chi connectivity index (χ1n) is 8.20. The Balaban J connectivity index is 2.15. The fourth-order valence-electron chi connectivity index (χ4n) is 2.59. The number of fused-ring (bicyclic) bond motifs is 1. The lowest BCUT2D eigenvalue weighted by atomic mass is 10.2. The molecule has 26 heavy (non-hydrogen) atoms. The number of halogens is 1. The van der Waals surface area contributed by atoms with E-state index in [2.05, 4.69) is 11.9 Å². The van der Waals surface area contributed by atoms with Gasteiger partial charge >= 0.3 is 5.97 Å². The van der Waals surface area contributed by atoms with Gasteiger partial charge in [-0.05, 0) is 42.8 Å². The first kappa shape index (κ1) is 17.9. The van der Waals surface area contributed by atoms with E-state index < -0.39 is 17.2 Å². The van der Waals surface area contributed by atoms with Crippen LogP contribution in [0.15, 0.2) is 47.3 Å². The van der Waals surface area contributed by atoms with Crippen molar-refractivity contribution in [3.8, 4) is 11.4 Å². The van der Waals surface area contributed by atoms with Crippen molar-refractivity contribution in [1.82, 2.24) is 9.55 Å². The van der Waals surface area contributed by atoms with E-state index in [0.29, 0.717) is 23.6 Å². The Morgan fingerprint density at radius 1 is 1.23 bits per heavy atom. The molecule has 0 amide bonds. The predicted octanol–water partition coefficient (Wildman–Crippen LogP) is 3.92. The minimum atomic E-state index is -1.40. The third kappa shape index (κ3) is 3.41. The number of carboxylic acid groups (broad SMARTS) is 1. The highest BCUT2D eigenvalue weighted by atomic mass is 35.5. The molecule has 0 aliphatic heterocycles. The van der Waals surface area contributed by atoms with Gasteiger partial charge in [-0.2, -0.15) is 0 Å². The summed E-state index contributed by atoms with van der Waals surface area (Å²) < 4.78 is 6.92. The summed E-state index contributed by atoms with van der Waals surface area (Å²) in [6.45, 7) is 2.70. The molecule has 0 aliphatic carbocycles. The Morgan fingerprint density at radius 3 is 2.62 bits per heavy atom. The zero-order valence-corrected chi connectivity index (χ0v) is 14.9. The Hall–Kier alpha value is -2.86. The first-order chi connectivity index (χ1) is 12.5. The minimum absolute atomic E-state index is 0.259. The van der Waals surface area contributed by atoms with Gasteiger partial charge in [0.2, 0.25) is 5.69 Å². The lowest BCUT2D eigenvalue weighted by Crippen LogP contribution is -2.27. The summed E-state index contributed by atoms with van der Waals surface area (Å²) in [5.74, 6) is -0.713. The molecule has 0 atom stereocenters. The van der Waals surface area contributed by atoms with Crippen molar-refractivity contribution >= 4 is 28.6 Å². The van der Waals surface area contributed by atoms with Crippen molar-refractivity contribution in [2.45, 2.75) is 19.8 Å². The van der Waals surface area contributed by atoms with Gasteiger partial charge in [-0.3, -0.25) is 9.36 Å². The normalized spacial score (nSPS) is 10.8. The molecule has 0 radical (unpaired) electrons. The molecule has 3 aromatic rings. The Kier molecular flexibility index (Phi) is 5.23. The van der Waals surface area contributed by atoms with Crippen LogP contribution in [0.25, 0.3) is 16.7 Å². The van der Waals surface area contributed by atoms with E-state index in [1.54, 1.807) is 42.5 Å². The molecule has 1 N–H and O–H groups in total. The van der Waals surface area contributed by atoms with Gasteiger partial charge in [0.05, 0.1) is 17.1 Å². The molecule has 0 unspecified atom stereocenters. The van der Waals surface area contributed by atoms with E-state index in [4.69, 9.17) is 16.3 Å². The maximum atomic E-state index is 12.7. The summed E-state index contributed by atoms with van der Waals surface area (Å²) in [6.07, 6.45) is 1.99. The van der Waals surface area contributed by atoms with Gasteiger partial charge in [-0.15, -0.1) is 0 Å².